The van der Waals surface area contributed by atoms with Gasteiger partial charge in [0.05, 0.1) is 0 Å². The lowest BCUT2D eigenvalue weighted by Gasteiger charge is -2.21. The summed E-state index contributed by atoms with van der Waals surface area (Å²) < 4.78 is 0. The molecule has 1 unspecified atom stereocenters. The van der Waals surface area contributed by atoms with Gasteiger partial charge in [0.25, 0.3) is 0 Å². The molecule has 3 aromatic rings. The summed E-state index contributed by atoms with van der Waals surface area (Å²) in [6.07, 6.45) is 0. The Kier molecular flexibility index (Phi) is 4.17. The molecule has 0 spiro atoms. The molecule has 22 heavy (non-hydrogen) atoms. The van der Waals surface area contributed by atoms with Crippen molar-refractivity contribution >= 4 is 11.3 Å². The molecule has 112 valence electrons. The highest BCUT2D eigenvalue weighted by Gasteiger charge is 2.19. The van der Waals surface area contributed by atoms with Gasteiger partial charge in [-0.3, -0.25) is 0 Å². The van der Waals surface area contributed by atoms with Crippen LogP contribution in [-0.4, -0.2) is 0 Å². The van der Waals surface area contributed by atoms with Crippen LogP contribution in [0.15, 0.2) is 72.1 Å². The summed E-state index contributed by atoms with van der Waals surface area (Å²) in [5.74, 6) is 0.329. The Morgan fingerprint density at radius 1 is 0.727 bits per heavy atom. The van der Waals surface area contributed by atoms with Crippen molar-refractivity contribution in [3.8, 4) is 0 Å². The van der Waals surface area contributed by atoms with Crippen LogP contribution in [0.25, 0.3) is 0 Å². The fourth-order valence-electron chi connectivity index (χ4n) is 2.80. The lowest BCUT2D eigenvalue weighted by molar-refractivity contribution is 0.590. The molecule has 0 aliphatic heterocycles. The van der Waals surface area contributed by atoms with Crippen molar-refractivity contribution in [3.05, 3.63) is 93.7 Å². The van der Waals surface area contributed by atoms with Crippen LogP contribution in [-0.2, 0) is 5.41 Å². The predicted octanol–water partition coefficient (Wildman–Crippen LogP) is 6.23. The Bertz CT molecular complexity index is 701. The molecule has 0 fully saturated rings. The molecule has 1 atom stereocenters. The van der Waals surface area contributed by atoms with Crippen molar-refractivity contribution in [1.82, 2.24) is 0 Å². The van der Waals surface area contributed by atoms with Gasteiger partial charge in [-0.25, -0.2) is 0 Å². The van der Waals surface area contributed by atoms with E-state index in [0.29, 0.717) is 5.92 Å². The fraction of sp³-hybridized carbons (Fsp3) is 0.238. The fourth-order valence-corrected chi connectivity index (χ4v) is 3.68. The lowest BCUT2D eigenvalue weighted by Crippen LogP contribution is -2.11. The van der Waals surface area contributed by atoms with Crippen LogP contribution >= 0.6 is 11.3 Å². The highest BCUT2D eigenvalue weighted by molar-refractivity contribution is 7.10. The minimum Gasteiger partial charge on any atom is -0.148 e. The third kappa shape index (κ3) is 3.15. The van der Waals surface area contributed by atoms with Gasteiger partial charge < -0.3 is 0 Å². The first-order valence-corrected chi connectivity index (χ1v) is 8.62. The monoisotopic (exact) mass is 306 g/mol. The number of rotatable bonds is 3. The maximum atomic E-state index is 2.29. The molecule has 0 radical (unpaired) electrons. The average molecular weight is 306 g/mol. The minimum absolute atomic E-state index is 0.198. The van der Waals surface area contributed by atoms with Gasteiger partial charge in [0.1, 0.15) is 0 Å². The molecule has 3 rings (SSSR count). The van der Waals surface area contributed by atoms with E-state index in [1.54, 1.807) is 0 Å². The highest BCUT2D eigenvalue weighted by Crippen LogP contribution is 2.35. The topological polar surface area (TPSA) is 0 Å². The van der Waals surface area contributed by atoms with Crippen molar-refractivity contribution in [2.75, 3.05) is 0 Å². The van der Waals surface area contributed by atoms with Crippen molar-refractivity contribution in [1.29, 1.82) is 0 Å². The van der Waals surface area contributed by atoms with E-state index in [9.17, 15) is 0 Å². The summed E-state index contributed by atoms with van der Waals surface area (Å²) in [7, 11) is 0. The smallest absolute Gasteiger partial charge is 0.0433 e. The summed E-state index contributed by atoms with van der Waals surface area (Å²) in [4.78, 5) is 1.40. The van der Waals surface area contributed by atoms with Crippen LogP contribution in [0.3, 0.4) is 0 Å². The van der Waals surface area contributed by atoms with Gasteiger partial charge in [0.15, 0.2) is 0 Å². The second kappa shape index (κ2) is 6.10. The molecule has 0 bridgehead atoms. The predicted molar refractivity (Wildman–Crippen MR) is 96.8 cm³/mol. The zero-order valence-electron chi connectivity index (χ0n) is 13.4. The maximum Gasteiger partial charge on any atom is 0.0433 e. The Morgan fingerprint density at radius 3 is 1.91 bits per heavy atom. The van der Waals surface area contributed by atoms with Crippen molar-refractivity contribution < 1.29 is 0 Å². The third-order valence-electron chi connectivity index (χ3n) is 4.07. The molecule has 0 aliphatic carbocycles. The van der Waals surface area contributed by atoms with E-state index >= 15 is 0 Å². The first kappa shape index (κ1) is 15.1. The van der Waals surface area contributed by atoms with Crippen molar-refractivity contribution in [2.45, 2.75) is 32.1 Å². The highest BCUT2D eigenvalue weighted by atomic mass is 32.1. The first-order chi connectivity index (χ1) is 10.6. The Balaban J connectivity index is 2.04. The van der Waals surface area contributed by atoms with Crippen LogP contribution in [0, 0.1) is 0 Å². The van der Waals surface area contributed by atoms with Gasteiger partial charge in [0.2, 0.25) is 0 Å². The molecule has 0 aliphatic rings. The Hall–Kier alpha value is -1.86. The van der Waals surface area contributed by atoms with Gasteiger partial charge in [-0.15, -0.1) is 11.3 Å². The number of thiophene rings is 1. The molecule has 2 aromatic carbocycles. The summed E-state index contributed by atoms with van der Waals surface area (Å²) in [5.41, 5.74) is 4.30. The molecule has 0 amide bonds. The molecular formula is C21H22S. The molecule has 0 nitrogen and oxygen atoms in total. The van der Waals surface area contributed by atoms with Crippen LogP contribution in [0.1, 0.15) is 48.3 Å². The first-order valence-electron chi connectivity index (χ1n) is 7.74. The minimum atomic E-state index is 0.198. The van der Waals surface area contributed by atoms with Gasteiger partial charge >= 0.3 is 0 Å². The van der Waals surface area contributed by atoms with E-state index < -0.39 is 0 Å². The van der Waals surface area contributed by atoms with E-state index in [4.69, 9.17) is 0 Å². The molecule has 0 saturated carbocycles. The Labute approximate surface area is 137 Å². The summed E-state index contributed by atoms with van der Waals surface area (Å²) in [6, 6.07) is 24.3. The summed E-state index contributed by atoms with van der Waals surface area (Å²) in [5, 5.41) is 2.16. The number of hydrogen-bond acceptors (Lipinski definition) is 1. The third-order valence-corrected chi connectivity index (χ3v) is 5.01. The largest absolute Gasteiger partial charge is 0.148 e. The number of hydrogen-bond donors (Lipinski definition) is 0. The second-order valence-electron chi connectivity index (χ2n) is 6.73. The van der Waals surface area contributed by atoms with Crippen LogP contribution < -0.4 is 0 Å². The maximum absolute atomic E-state index is 2.29. The zero-order valence-corrected chi connectivity index (χ0v) is 14.2. The quantitative estimate of drug-likeness (QED) is 0.538. The Morgan fingerprint density at radius 2 is 1.36 bits per heavy atom. The van der Waals surface area contributed by atoms with Crippen LogP contribution in [0.5, 0.6) is 0 Å². The average Bonchev–Trinajstić information content (AvgIpc) is 3.02. The number of benzene rings is 2. The molecule has 1 heteroatoms. The van der Waals surface area contributed by atoms with Crippen LogP contribution in [0.4, 0.5) is 0 Å². The van der Waals surface area contributed by atoms with Gasteiger partial charge in [0, 0.05) is 10.8 Å². The van der Waals surface area contributed by atoms with Crippen molar-refractivity contribution in [2.24, 2.45) is 0 Å². The second-order valence-corrected chi connectivity index (χ2v) is 7.71. The van der Waals surface area contributed by atoms with Gasteiger partial charge in [-0.2, -0.15) is 0 Å². The van der Waals surface area contributed by atoms with Crippen LogP contribution in [0.2, 0.25) is 0 Å². The van der Waals surface area contributed by atoms with Crippen molar-refractivity contribution in [3.63, 3.8) is 0 Å². The summed E-state index contributed by atoms with van der Waals surface area (Å²) >= 11 is 1.83. The SMILES string of the molecule is CC(C)(C)c1ccc(C(c2ccccc2)c2cccs2)cc1. The van der Waals surface area contributed by atoms with E-state index in [0.717, 1.165) is 0 Å². The zero-order chi connectivity index (χ0) is 15.6. The molecule has 0 saturated heterocycles. The molecule has 0 N–H and O–H groups in total. The van der Waals surface area contributed by atoms with E-state index in [1.165, 1.54) is 21.6 Å². The molecule has 1 heterocycles. The normalized spacial score (nSPS) is 13.0. The van der Waals surface area contributed by atoms with Gasteiger partial charge in [-0.1, -0.05) is 81.4 Å². The molecule has 1 aromatic heterocycles. The molecular weight excluding hydrogens is 284 g/mol. The van der Waals surface area contributed by atoms with E-state index in [1.807, 2.05) is 11.3 Å². The lowest BCUT2D eigenvalue weighted by atomic mass is 9.84. The van der Waals surface area contributed by atoms with Gasteiger partial charge in [-0.05, 0) is 33.6 Å². The standard InChI is InChI=1S/C21H22S/c1-21(2,3)18-13-11-17(12-14-18)20(19-10-7-15-22-19)16-8-5-4-6-9-16/h4-15,20H,1-3H3. The summed E-state index contributed by atoms with van der Waals surface area (Å²) in [6.45, 7) is 6.78. The van der Waals surface area contributed by atoms with E-state index in [-0.39, 0.29) is 5.41 Å². The van der Waals surface area contributed by atoms with E-state index in [2.05, 4.69) is 92.9 Å².